The molecule has 5 rings (SSSR count). The van der Waals surface area contributed by atoms with Crippen molar-refractivity contribution in [2.75, 3.05) is 11.5 Å². The van der Waals surface area contributed by atoms with Gasteiger partial charge in [0.25, 0.3) is 5.91 Å². The highest BCUT2D eigenvalue weighted by molar-refractivity contribution is 7.13. The molecule has 166 valence electrons. The Bertz CT molecular complexity index is 1350. The fourth-order valence-corrected chi connectivity index (χ4v) is 5.25. The summed E-state index contributed by atoms with van der Waals surface area (Å²) in [5.41, 5.74) is 3.60. The third kappa shape index (κ3) is 3.72. The molecule has 9 heteroatoms. The highest BCUT2D eigenvalue weighted by Crippen LogP contribution is 2.47. The molecule has 0 spiro atoms. The number of nitrogens with one attached hydrogen (secondary N) is 1. The Morgan fingerprint density at radius 1 is 1.18 bits per heavy atom. The number of benzene rings is 2. The summed E-state index contributed by atoms with van der Waals surface area (Å²) in [7, 11) is 0. The van der Waals surface area contributed by atoms with Crippen molar-refractivity contribution in [1.82, 2.24) is 10.2 Å². The molecule has 1 amide bonds. The van der Waals surface area contributed by atoms with Gasteiger partial charge >= 0.3 is 5.97 Å². The van der Waals surface area contributed by atoms with Gasteiger partial charge in [0, 0.05) is 21.3 Å². The van der Waals surface area contributed by atoms with Gasteiger partial charge in [-0.25, -0.2) is 4.79 Å². The Balaban J connectivity index is 1.65. The molecule has 0 bridgehead atoms. The minimum absolute atomic E-state index is 0.260. The summed E-state index contributed by atoms with van der Waals surface area (Å²) >= 11 is 14.3. The smallest absolute Gasteiger partial charge is 0.338 e. The van der Waals surface area contributed by atoms with Crippen molar-refractivity contribution < 1.29 is 14.3 Å². The van der Waals surface area contributed by atoms with Crippen molar-refractivity contribution in [3.63, 3.8) is 0 Å². The molecule has 2 aromatic carbocycles. The molecule has 6 nitrogen and oxygen atoms in total. The second-order valence-corrected chi connectivity index (χ2v) is 9.14. The zero-order valence-corrected chi connectivity index (χ0v) is 19.7. The third-order valence-electron chi connectivity index (χ3n) is 5.44. The van der Waals surface area contributed by atoms with Gasteiger partial charge in [-0.3, -0.25) is 14.8 Å². The molecule has 33 heavy (non-hydrogen) atoms. The highest BCUT2D eigenvalue weighted by Gasteiger charge is 2.44. The minimum Gasteiger partial charge on any atom is -0.462 e. The van der Waals surface area contributed by atoms with Crippen molar-refractivity contribution in [1.29, 1.82) is 0 Å². The van der Waals surface area contributed by atoms with Crippen molar-refractivity contribution >= 4 is 52.1 Å². The standard InChI is InChI=1S/C24H17Cl2N3O3S/c1-2-32-24(31)13-5-8-15(9-6-13)29-22(16-10-7-14(25)12-17(16)26)19-20(18-4-3-11-33-18)27-28-21(19)23(29)30/h3-12,22H,2H2,1H3,(H,27,28)/t22-/m0/s1. The summed E-state index contributed by atoms with van der Waals surface area (Å²) in [5, 5.41) is 10.3. The molecule has 1 atom stereocenters. The van der Waals surface area contributed by atoms with Crippen molar-refractivity contribution in [2.45, 2.75) is 13.0 Å². The number of carbonyl (C=O) groups excluding carboxylic acids is 2. The maximum Gasteiger partial charge on any atom is 0.338 e. The van der Waals surface area contributed by atoms with Crippen LogP contribution in [0.15, 0.2) is 60.0 Å². The number of nitrogens with zero attached hydrogens (tertiary/aromatic N) is 2. The summed E-state index contributed by atoms with van der Waals surface area (Å²) in [6.45, 7) is 2.04. The zero-order valence-electron chi connectivity index (χ0n) is 17.3. The van der Waals surface area contributed by atoms with E-state index >= 15 is 0 Å². The number of hydrogen-bond donors (Lipinski definition) is 1. The maximum atomic E-state index is 13.5. The van der Waals surface area contributed by atoms with Crippen LogP contribution < -0.4 is 4.90 Å². The van der Waals surface area contributed by atoms with Gasteiger partial charge in [0.2, 0.25) is 0 Å². The number of aromatic nitrogens is 2. The quantitative estimate of drug-likeness (QED) is 0.325. The van der Waals surface area contributed by atoms with Gasteiger partial charge < -0.3 is 4.74 Å². The average molecular weight is 498 g/mol. The first-order valence-electron chi connectivity index (χ1n) is 10.2. The summed E-state index contributed by atoms with van der Waals surface area (Å²) in [6, 6.07) is 15.4. The third-order valence-corrected chi connectivity index (χ3v) is 6.89. The highest BCUT2D eigenvalue weighted by atomic mass is 35.5. The molecule has 1 aliphatic rings. The van der Waals surface area contributed by atoms with Crippen LogP contribution in [-0.2, 0) is 4.74 Å². The normalized spacial score (nSPS) is 15.1. The van der Waals surface area contributed by atoms with Crippen LogP contribution in [0.25, 0.3) is 10.6 Å². The average Bonchev–Trinajstić information content (AvgIpc) is 3.52. The first-order valence-corrected chi connectivity index (χ1v) is 11.8. The summed E-state index contributed by atoms with van der Waals surface area (Å²) < 4.78 is 5.06. The number of fused-ring (bicyclic) bond motifs is 1. The number of amides is 1. The summed E-state index contributed by atoms with van der Waals surface area (Å²) in [4.78, 5) is 28.2. The lowest BCUT2D eigenvalue weighted by Gasteiger charge is -2.27. The molecule has 0 saturated heterocycles. The van der Waals surface area contributed by atoms with E-state index in [0.717, 1.165) is 21.7 Å². The van der Waals surface area contributed by atoms with E-state index in [2.05, 4.69) is 10.2 Å². The number of halogens is 2. The number of esters is 1. The van der Waals surface area contributed by atoms with Crippen molar-refractivity contribution in [3.05, 3.63) is 92.4 Å². The minimum atomic E-state index is -0.526. The maximum absolute atomic E-state index is 13.5. The van der Waals surface area contributed by atoms with E-state index in [1.165, 1.54) is 0 Å². The van der Waals surface area contributed by atoms with Crippen LogP contribution in [0.5, 0.6) is 0 Å². The fraction of sp³-hybridized carbons (Fsp3) is 0.125. The predicted molar refractivity (Wildman–Crippen MR) is 129 cm³/mol. The molecule has 4 aromatic rings. The van der Waals surface area contributed by atoms with Crippen LogP contribution >= 0.6 is 34.5 Å². The number of hydrogen-bond acceptors (Lipinski definition) is 5. The van der Waals surface area contributed by atoms with Gasteiger partial charge in [0.1, 0.15) is 0 Å². The van der Waals surface area contributed by atoms with E-state index in [4.69, 9.17) is 27.9 Å². The van der Waals surface area contributed by atoms with E-state index in [1.807, 2.05) is 23.6 Å². The van der Waals surface area contributed by atoms with Crippen molar-refractivity contribution in [3.8, 4) is 10.6 Å². The molecular formula is C24H17Cl2N3O3S. The Labute approximate surface area is 203 Å². The lowest BCUT2D eigenvalue weighted by Crippen LogP contribution is -2.29. The summed E-state index contributed by atoms with van der Waals surface area (Å²) in [5.74, 6) is -0.675. The SMILES string of the molecule is CCOC(=O)c1ccc(N2C(=O)c3n[nH]c(-c4cccs4)c3[C@@H]2c2ccc(Cl)cc2Cl)cc1. The molecule has 2 aromatic heterocycles. The second-order valence-electron chi connectivity index (χ2n) is 7.35. The number of anilines is 1. The number of H-pyrrole nitrogens is 1. The largest absolute Gasteiger partial charge is 0.462 e. The number of ether oxygens (including phenoxy) is 1. The fourth-order valence-electron chi connectivity index (χ4n) is 4.01. The van der Waals surface area contributed by atoms with Crippen LogP contribution in [-0.4, -0.2) is 28.7 Å². The lowest BCUT2D eigenvalue weighted by atomic mass is 9.97. The monoisotopic (exact) mass is 497 g/mol. The molecule has 0 aliphatic carbocycles. The molecule has 1 N–H and O–H groups in total. The van der Waals surface area contributed by atoms with Crippen LogP contribution in [0.2, 0.25) is 10.0 Å². The Kier molecular flexibility index (Phi) is 5.70. The zero-order chi connectivity index (χ0) is 23.1. The van der Waals surface area contributed by atoms with Crippen LogP contribution in [0.1, 0.15) is 44.9 Å². The number of thiophene rings is 1. The van der Waals surface area contributed by atoms with E-state index in [-0.39, 0.29) is 12.5 Å². The molecule has 0 unspecified atom stereocenters. The Morgan fingerprint density at radius 3 is 2.64 bits per heavy atom. The molecule has 0 fully saturated rings. The van der Waals surface area contributed by atoms with Gasteiger partial charge in [-0.05, 0) is 60.3 Å². The predicted octanol–water partition coefficient (Wildman–Crippen LogP) is 6.37. The second kappa shape index (κ2) is 8.67. The first kappa shape index (κ1) is 21.7. The van der Waals surface area contributed by atoms with Gasteiger partial charge in [-0.2, -0.15) is 5.10 Å². The van der Waals surface area contributed by atoms with Crippen LogP contribution in [0.4, 0.5) is 5.69 Å². The summed E-state index contributed by atoms with van der Waals surface area (Å²) in [6.07, 6.45) is 0. The number of aromatic amines is 1. The van der Waals surface area contributed by atoms with Gasteiger partial charge in [0.05, 0.1) is 28.8 Å². The molecule has 1 aliphatic heterocycles. The molecule has 0 saturated carbocycles. The Hall–Kier alpha value is -3.13. The van der Waals surface area contributed by atoms with E-state index < -0.39 is 12.0 Å². The van der Waals surface area contributed by atoms with E-state index in [1.54, 1.807) is 59.6 Å². The molecule has 0 radical (unpaired) electrons. The molecule has 3 heterocycles. The van der Waals surface area contributed by atoms with E-state index in [9.17, 15) is 9.59 Å². The van der Waals surface area contributed by atoms with Gasteiger partial charge in [-0.15, -0.1) is 11.3 Å². The topological polar surface area (TPSA) is 75.3 Å². The number of carbonyl (C=O) groups is 2. The van der Waals surface area contributed by atoms with E-state index in [0.29, 0.717) is 27.0 Å². The number of rotatable bonds is 5. The van der Waals surface area contributed by atoms with Gasteiger partial charge in [-0.1, -0.05) is 35.3 Å². The van der Waals surface area contributed by atoms with Crippen LogP contribution in [0, 0.1) is 0 Å². The first-order chi connectivity index (χ1) is 16.0. The van der Waals surface area contributed by atoms with Gasteiger partial charge in [0.15, 0.2) is 5.69 Å². The van der Waals surface area contributed by atoms with Crippen molar-refractivity contribution in [2.24, 2.45) is 0 Å². The van der Waals surface area contributed by atoms with Crippen LogP contribution in [0.3, 0.4) is 0 Å². The lowest BCUT2D eigenvalue weighted by molar-refractivity contribution is 0.0526. The Morgan fingerprint density at radius 2 is 1.97 bits per heavy atom. The molecular weight excluding hydrogens is 481 g/mol.